The Balaban J connectivity index is 2.18. The Kier molecular flexibility index (Phi) is 7.54. The predicted molar refractivity (Wildman–Crippen MR) is 158 cm³/mol. The Morgan fingerprint density at radius 1 is 0.541 bits per heavy atom. The summed E-state index contributed by atoms with van der Waals surface area (Å²) >= 11 is 0. The SMILES string of the molecule is Cc1cc(Cc2cc(C(C)(C)C)cc(Cc3cc(C)cc(C(C)(C)C)c3O)c2N)c(O)c(C(C)(C)C)c1. The maximum absolute atomic E-state index is 11.2. The van der Waals surface area contributed by atoms with Crippen molar-refractivity contribution < 1.29 is 10.2 Å². The van der Waals surface area contributed by atoms with Gasteiger partial charge in [-0.3, -0.25) is 0 Å². The van der Waals surface area contributed by atoms with Crippen LogP contribution in [-0.4, -0.2) is 10.2 Å². The molecule has 0 aliphatic rings. The van der Waals surface area contributed by atoms with E-state index in [9.17, 15) is 10.2 Å². The average Bonchev–Trinajstić information content (AvgIpc) is 2.73. The Labute approximate surface area is 224 Å². The second-order valence-electron chi connectivity index (χ2n) is 14.0. The summed E-state index contributed by atoms with van der Waals surface area (Å²) in [5, 5.41) is 22.5. The van der Waals surface area contributed by atoms with Crippen LogP contribution < -0.4 is 5.73 Å². The number of nitrogens with two attached hydrogens (primary N) is 1. The second kappa shape index (κ2) is 9.74. The highest BCUT2D eigenvalue weighted by Crippen LogP contribution is 2.39. The largest absolute Gasteiger partial charge is 0.507 e. The lowest BCUT2D eigenvalue weighted by Gasteiger charge is -2.26. The van der Waals surface area contributed by atoms with E-state index >= 15 is 0 Å². The number of hydrogen-bond donors (Lipinski definition) is 3. The molecule has 0 aliphatic carbocycles. The van der Waals surface area contributed by atoms with Gasteiger partial charge in [0, 0.05) is 18.5 Å². The minimum Gasteiger partial charge on any atom is -0.507 e. The quantitative estimate of drug-likeness (QED) is 0.315. The fraction of sp³-hybridized carbons (Fsp3) is 0.471. The van der Waals surface area contributed by atoms with Crippen molar-refractivity contribution in [3.8, 4) is 11.5 Å². The Hall–Kier alpha value is -2.94. The molecule has 0 amide bonds. The third-order valence-electron chi connectivity index (χ3n) is 7.26. The fourth-order valence-electron chi connectivity index (χ4n) is 5.04. The molecule has 0 atom stereocenters. The zero-order chi connectivity index (χ0) is 28.1. The van der Waals surface area contributed by atoms with E-state index in [0.29, 0.717) is 24.3 Å². The maximum atomic E-state index is 11.2. The van der Waals surface area contributed by atoms with Crippen molar-refractivity contribution in [2.24, 2.45) is 0 Å². The first-order chi connectivity index (χ1) is 16.8. The summed E-state index contributed by atoms with van der Waals surface area (Å²) in [6.07, 6.45) is 1.10. The molecule has 3 rings (SSSR count). The minimum absolute atomic E-state index is 0.0758. The average molecular weight is 502 g/mol. The second-order valence-corrected chi connectivity index (χ2v) is 14.0. The lowest BCUT2D eigenvalue weighted by atomic mass is 9.80. The number of nitrogen functional groups attached to an aromatic ring is 1. The van der Waals surface area contributed by atoms with Crippen LogP contribution in [0.4, 0.5) is 5.69 Å². The number of aromatic hydroxyl groups is 2. The van der Waals surface area contributed by atoms with Crippen LogP contribution in [0.15, 0.2) is 36.4 Å². The molecule has 200 valence electrons. The van der Waals surface area contributed by atoms with Gasteiger partial charge < -0.3 is 15.9 Å². The molecule has 3 heteroatoms. The zero-order valence-electron chi connectivity index (χ0n) is 24.9. The highest BCUT2D eigenvalue weighted by Gasteiger charge is 2.25. The van der Waals surface area contributed by atoms with Crippen molar-refractivity contribution in [3.63, 3.8) is 0 Å². The van der Waals surface area contributed by atoms with Crippen molar-refractivity contribution >= 4 is 5.69 Å². The van der Waals surface area contributed by atoms with Crippen LogP contribution in [0.5, 0.6) is 11.5 Å². The molecule has 0 aromatic heterocycles. The molecule has 4 N–H and O–H groups in total. The van der Waals surface area contributed by atoms with Gasteiger partial charge in [-0.1, -0.05) is 110 Å². The van der Waals surface area contributed by atoms with Crippen molar-refractivity contribution in [3.05, 3.63) is 86.5 Å². The molecule has 0 saturated heterocycles. The Bertz CT molecular complexity index is 1220. The van der Waals surface area contributed by atoms with E-state index in [2.05, 4.69) is 113 Å². The molecule has 0 unspecified atom stereocenters. The molecular weight excluding hydrogens is 454 g/mol. The summed E-state index contributed by atoms with van der Waals surface area (Å²) in [7, 11) is 0. The molecule has 3 nitrogen and oxygen atoms in total. The topological polar surface area (TPSA) is 66.5 Å². The molecular formula is C34H47NO2. The Morgan fingerprint density at radius 2 is 0.892 bits per heavy atom. The highest BCUT2D eigenvalue weighted by molar-refractivity contribution is 5.62. The van der Waals surface area contributed by atoms with E-state index < -0.39 is 0 Å². The number of hydrogen-bond acceptors (Lipinski definition) is 3. The summed E-state index contributed by atoms with van der Waals surface area (Å²) in [6.45, 7) is 23.5. The van der Waals surface area contributed by atoms with Gasteiger partial charge in [0.05, 0.1) is 0 Å². The van der Waals surface area contributed by atoms with Crippen LogP contribution in [0.2, 0.25) is 0 Å². The summed E-state index contributed by atoms with van der Waals surface area (Å²) in [6, 6.07) is 12.7. The van der Waals surface area contributed by atoms with Gasteiger partial charge in [0.15, 0.2) is 0 Å². The van der Waals surface area contributed by atoms with Crippen molar-refractivity contribution in [1.82, 2.24) is 0 Å². The predicted octanol–water partition coefficient (Wildman–Crippen LogP) is 8.37. The van der Waals surface area contributed by atoms with Gasteiger partial charge in [0.2, 0.25) is 0 Å². The first-order valence-corrected chi connectivity index (χ1v) is 13.4. The van der Waals surface area contributed by atoms with Gasteiger partial charge in [-0.25, -0.2) is 0 Å². The molecule has 0 spiro atoms. The van der Waals surface area contributed by atoms with Crippen molar-refractivity contribution in [1.29, 1.82) is 0 Å². The molecule has 0 radical (unpaired) electrons. The van der Waals surface area contributed by atoms with Crippen LogP contribution in [0.25, 0.3) is 0 Å². The number of anilines is 1. The number of benzene rings is 3. The summed E-state index contributed by atoms with van der Waals surface area (Å²) in [5.41, 5.74) is 16.3. The standard InChI is InChI=1S/C34H47NO2/c1-20-12-24(30(36)27(14-20)33(6,7)8)16-22-18-26(32(3,4)5)19-23(29(22)35)17-25-13-21(2)15-28(31(25)37)34(9,10)11/h12-15,18-19,36-37H,16-17,35H2,1-11H3. The van der Waals surface area contributed by atoms with Crippen molar-refractivity contribution in [2.45, 2.75) is 105 Å². The van der Waals surface area contributed by atoms with E-state index in [4.69, 9.17) is 5.73 Å². The molecule has 0 heterocycles. The van der Waals surface area contributed by atoms with Crippen LogP contribution in [-0.2, 0) is 29.1 Å². The molecule has 37 heavy (non-hydrogen) atoms. The van der Waals surface area contributed by atoms with E-state index in [1.54, 1.807) is 0 Å². The maximum Gasteiger partial charge on any atom is 0.122 e. The van der Waals surface area contributed by atoms with E-state index in [-0.39, 0.29) is 16.2 Å². The third kappa shape index (κ3) is 6.32. The summed E-state index contributed by atoms with van der Waals surface area (Å²) < 4.78 is 0. The van der Waals surface area contributed by atoms with Crippen LogP contribution in [0.3, 0.4) is 0 Å². The summed E-state index contributed by atoms with van der Waals surface area (Å²) in [5.74, 6) is 0.706. The molecule has 3 aromatic carbocycles. The molecule has 0 fully saturated rings. The zero-order valence-corrected chi connectivity index (χ0v) is 24.9. The fourth-order valence-corrected chi connectivity index (χ4v) is 5.04. The highest BCUT2D eigenvalue weighted by atomic mass is 16.3. The molecule has 0 saturated carbocycles. The van der Waals surface area contributed by atoms with E-state index in [0.717, 1.165) is 50.2 Å². The monoisotopic (exact) mass is 501 g/mol. The van der Waals surface area contributed by atoms with Crippen LogP contribution in [0.1, 0.15) is 112 Å². The minimum atomic E-state index is -0.164. The molecule has 0 bridgehead atoms. The van der Waals surface area contributed by atoms with Gasteiger partial charge in [0.25, 0.3) is 0 Å². The smallest absolute Gasteiger partial charge is 0.122 e. The number of phenolic OH excluding ortho intramolecular Hbond substituents is 2. The third-order valence-corrected chi connectivity index (χ3v) is 7.26. The van der Waals surface area contributed by atoms with Crippen LogP contribution >= 0.6 is 0 Å². The number of phenols is 2. The van der Waals surface area contributed by atoms with E-state index in [1.807, 2.05) is 0 Å². The lowest BCUT2D eigenvalue weighted by Crippen LogP contribution is -2.15. The molecule has 3 aromatic rings. The first kappa shape index (κ1) is 28.6. The number of aryl methyl sites for hydroxylation is 2. The van der Waals surface area contributed by atoms with Gasteiger partial charge in [-0.15, -0.1) is 0 Å². The lowest BCUT2D eigenvalue weighted by molar-refractivity contribution is 0.440. The normalized spacial score (nSPS) is 12.7. The Morgan fingerprint density at radius 3 is 1.19 bits per heavy atom. The van der Waals surface area contributed by atoms with Crippen molar-refractivity contribution in [2.75, 3.05) is 5.73 Å². The van der Waals surface area contributed by atoms with Gasteiger partial charge in [-0.2, -0.15) is 0 Å². The van der Waals surface area contributed by atoms with Gasteiger partial charge in [-0.05, 0) is 69.0 Å². The summed E-state index contributed by atoms with van der Waals surface area (Å²) in [4.78, 5) is 0. The van der Waals surface area contributed by atoms with Gasteiger partial charge in [0.1, 0.15) is 11.5 Å². The number of rotatable bonds is 4. The van der Waals surface area contributed by atoms with Crippen LogP contribution in [0, 0.1) is 13.8 Å². The van der Waals surface area contributed by atoms with Gasteiger partial charge >= 0.3 is 0 Å². The molecule has 0 aliphatic heterocycles. The van der Waals surface area contributed by atoms with E-state index in [1.165, 1.54) is 5.56 Å². The first-order valence-electron chi connectivity index (χ1n) is 13.4.